The van der Waals surface area contributed by atoms with Crippen LogP contribution in [0.2, 0.25) is 0 Å². The minimum Gasteiger partial charge on any atom is -0.478 e. The van der Waals surface area contributed by atoms with Crippen LogP contribution in [0.5, 0.6) is 5.88 Å². The molecule has 0 aliphatic carbocycles. The van der Waals surface area contributed by atoms with Gasteiger partial charge in [0.1, 0.15) is 18.2 Å². The van der Waals surface area contributed by atoms with E-state index in [4.69, 9.17) is 15.0 Å². The first-order valence-corrected chi connectivity index (χ1v) is 7.04. The normalized spacial score (nSPS) is 17.7. The second kappa shape index (κ2) is 5.96. The Labute approximate surface area is 126 Å². The molecule has 3 rings (SSSR count). The van der Waals surface area contributed by atoms with Crippen molar-refractivity contribution in [2.75, 3.05) is 18.1 Å². The van der Waals surface area contributed by atoms with Gasteiger partial charge in [-0.2, -0.15) is 4.98 Å². The summed E-state index contributed by atoms with van der Waals surface area (Å²) in [6.07, 6.45) is 3.24. The van der Waals surface area contributed by atoms with E-state index in [1.807, 2.05) is 11.8 Å². The third kappa shape index (κ3) is 2.69. The summed E-state index contributed by atoms with van der Waals surface area (Å²) in [4.78, 5) is 25.5. The highest BCUT2D eigenvalue weighted by Crippen LogP contribution is 2.34. The third-order valence-corrected chi connectivity index (χ3v) is 3.41. The Morgan fingerprint density at radius 2 is 2.41 bits per heavy atom. The summed E-state index contributed by atoms with van der Waals surface area (Å²) in [7, 11) is 0. The van der Waals surface area contributed by atoms with Gasteiger partial charge in [-0.15, -0.1) is 0 Å². The third-order valence-electron chi connectivity index (χ3n) is 3.41. The number of carbonyl (C=O) groups is 1. The maximum atomic E-state index is 11.1. The Hall–Kier alpha value is -2.71. The Morgan fingerprint density at radius 3 is 3.14 bits per heavy atom. The van der Waals surface area contributed by atoms with Gasteiger partial charge in [-0.1, -0.05) is 5.16 Å². The van der Waals surface area contributed by atoms with Crippen LogP contribution < -0.4 is 15.4 Å². The van der Waals surface area contributed by atoms with Crippen LogP contribution in [0, 0.1) is 0 Å². The van der Waals surface area contributed by atoms with Crippen LogP contribution in [-0.4, -0.2) is 39.2 Å². The van der Waals surface area contributed by atoms with Gasteiger partial charge >= 0.3 is 0 Å². The van der Waals surface area contributed by atoms with Gasteiger partial charge in [-0.3, -0.25) is 4.79 Å². The highest BCUT2D eigenvalue weighted by Gasteiger charge is 2.32. The first-order valence-electron chi connectivity index (χ1n) is 7.04. The summed E-state index contributed by atoms with van der Waals surface area (Å²) >= 11 is 0. The lowest BCUT2D eigenvalue weighted by Crippen LogP contribution is -2.24. The van der Waals surface area contributed by atoms with E-state index in [-0.39, 0.29) is 11.9 Å². The molecule has 22 heavy (non-hydrogen) atoms. The number of hydrogen-bond donors (Lipinski definition) is 1. The van der Waals surface area contributed by atoms with Crippen molar-refractivity contribution in [3.63, 3.8) is 0 Å². The van der Waals surface area contributed by atoms with Gasteiger partial charge in [0.15, 0.2) is 0 Å². The van der Waals surface area contributed by atoms with Crippen LogP contribution in [0.3, 0.4) is 0 Å². The Kier molecular flexibility index (Phi) is 3.86. The molecule has 2 aromatic rings. The molecule has 9 heteroatoms. The number of ether oxygens (including phenoxy) is 1. The number of anilines is 1. The van der Waals surface area contributed by atoms with Crippen molar-refractivity contribution in [2.24, 2.45) is 5.73 Å². The fraction of sp³-hybridized carbons (Fsp3) is 0.462. The molecule has 9 nitrogen and oxygen atoms in total. The first-order chi connectivity index (χ1) is 10.7. The average Bonchev–Trinajstić information content (AvgIpc) is 3.17. The predicted octanol–water partition coefficient (Wildman–Crippen LogP) is 0.699. The van der Waals surface area contributed by atoms with Gasteiger partial charge in [-0.05, 0) is 19.8 Å². The van der Waals surface area contributed by atoms with Crippen LogP contribution in [-0.2, 0) is 0 Å². The van der Waals surface area contributed by atoms with Gasteiger partial charge in [0.25, 0.3) is 11.7 Å². The molecule has 1 saturated heterocycles. The van der Waals surface area contributed by atoms with Crippen molar-refractivity contribution < 1.29 is 14.1 Å². The molecule has 1 aliphatic heterocycles. The maximum absolute atomic E-state index is 11.1. The SMILES string of the molecule is CCOc1cc(N2CCCC2c2nc(C(N)=O)no2)ncn1. The summed E-state index contributed by atoms with van der Waals surface area (Å²) in [5, 5.41) is 3.59. The molecule has 0 spiro atoms. The van der Waals surface area contributed by atoms with Crippen LogP contribution in [0.25, 0.3) is 0 Å². The van der Waals surface area contributed by atoms with Crippen LogP contribution in [0.4, 0.5) is 5.82 Å². The minimum absolute atomic E-state index is 0.112. The molecule has 0 saturated carbocycles. The number of carbonyl (C=O) groups excluding carboxylic acids is 1. The molecule has 3 heterocycles. The van der Waals surface area contributed by atoms with E-state index in [2.05, 4.69) is 20.1 Å². The van der Waals surface area contributed by atoms with Crippen molar-refractivity contribution in [3.05, 3.63) is 24.1 Å². The van der Waals surface area contributed by atoms with Gasteiger partial charge in [0, 0.05) is 12.6 Å². The first kappa shape index (κ1) is 14.2. The minimum atomic E-state index is -0.708. The second-order valence-corrected chi connectivity index (χ2v) is 4.82. The molecular weight excluding hydrogens is 288 g/mol. The number of primary amides is 1. The lowest BCUT2D eigenvalue weighted by atomic mass is 10.2. The summed E-state index contributed by atoms with van der Waals surface area (Å²) in [6, 6.07) is 1.64. The van der Waals surface area contributed by atoms with E-state index in [0.29, 0.717) is 18.4 Å². The fourth-order valence-corrected chi connectivity index (χ4v) is 2.48. The van der Waals surface area contributed by atoms with Gasteiger partial charge in [-0.25, -0.2) is 9.97 Å². The lowest BCUT2D eigenvalue weighted by molar-refractivity contribution is 0.0987. The molecule has 1 unspecified atom stereocenters. The van der Waals surface area contributed by atoms with Crippen molar-refractivity contribution in [1.82, 2.24) is 20.1 Å². The number of hydrogen-bond acceptors (Lipinski definition) is 8. The zero-order valence-electron chi connectivity index (χ0n) is 12.1. The van der Waals surface area contributed by atoms with Crippen molar-refractivity contribution in [3.8, 4) is 5.88 Å². The van der Waals surface area contributed by atoms with E-state index in [1.54, 1.807) is 6.07 Å². The molecule has 1 amide bonds. The van der Waals surface area contributed by atoms with Crippen molar-refractivity contribution in [1.29, 1.82) is 0 Å². The van der Waals surface area contributed by atoms with E-state index in [0.717, 1.165) is 25.2 Å². The lowest BCUT2D eigenvalue weighted by Gasteiger charge is -2.22. The largest absolute Gasteiger partial charge is 0.478 e. The standard InChI is InChI=1S/C13H16N6O3/c1-2-21-10-6-9(15-7-16-10)19-5-3-4-8(19)13-17-12(11(14)20)18-22-13/h6-8H,2-5H2,1H3,(H2,14,20). The fourth-order valence-electron chi connectivity index (χ4n) is 2.48. The molecule has 2 N–H and O–H groups in total. The quantitative estimate of drug-likeness (QED) is 0.856. The summed E-state index contributed by atoms with van der Waals surface area (Å²) in [5.41, 5.74) is 5.15. The van der Waals surface area contributed by atoms with E-state index < -0.39 is 5.91 Å². The zero-order chi connectivity index (χ0) is 15.5. The molecule has 0 bridgehead atoms. The molecular formula is C13H16N6O3. The number of nitrogens with two attached hydrogens (primary N) is 1. The zero-order valence-corrected chi connectivity index (χ0v) is 12.1. The highest BCUT2D eigenvalue weighted by molar-refractivity contribution is 5.88. The molecule has 1 fully saturated rings. The number of aromatic nitrogens is 4. The Bertz CT molecular complexity index is 673. The summed E-state index contributed by atoms with van der Waals surface area (Å²) in [6.45, 7) is 3.22. The number of amides is 1. The smallest absolute Gasteiger partial charge is 0.290 e. The monoisotopic (exact) mass is 304 g/mol. The van der Waals surface area contributed by atoms with Gasteiger partial charge < -0.3 is 19.9 Å². The Balaban J connectivity index is 1.86. The number of rotatable bonds is 5. The molecule has 1 atom stereocenters. The van der Waals surface area contributed by atoms with Gasteiger partial charge in [0.2, 0.25) is 11.8 Å². The van der Waals surface area contributed by atoms with E-state index in [1.165, 1.54) is 6.33 Å². The second-order valence-electron chi connectivity index (χ2n) is 4.82. The van der Waals surface area contributed by atoms with E-state index >= 15 is 0 Å². The summed E-state index contributed by atoms with van der Waals surface area (Å²) in [5.74, 6) is 0.781. The predicted molar refractivity (Wildman–Crippen MR) is 75.3 cm³/mol. The van der Waals surface area contributed by atoms with Crippen LogP contribution >= 0.6 is 0 Å². The molecule has 2 aromatic heterocycles. The van der Waals surface area contributed by atoms with Crippen LogP contribution in [0.1, 0.15) is 42.3 Å². The van der Waals surface area contributed by atoms with Crippen LogP contribution in [0.15, 0.2) is 16.9 Å². The molecule has 116 valence electrons. The molecule has 1 aliphatic rings. The molecule has 0 aromatic carbocycles. The Morgan fingerprint density at radius 1 is 1.55 bits per heavy atom. The van der Waals surface area contributed by atoms with Crippen molar-refractivity contribution >= 4 is 11.7 Å². The molecule has 0 radical (unpaired) electrons. The maximum Gasteiger partial charge on any atom is 0.290 e. The van der Waals surface area contributed by atoms with E-state index in [9.17, 15) is 4.79 Å². The highest BCUT2D eigenvalue weighted by atomic mass is 16.5. The van der Waals surface area contributed by atoms with Gasteiger partial charge in [0.05, 0.1) is 6.61 Å². The topological polar surface area (TPSA) is 120 Å². The summed E-state index contributed by atoms with van der Waals surface area (Å²) < 4.78 is 10.6. The van der Waals surface area contributed by atoms with Crippen molar-refractivity contribution in [2.45, 2.75) is 25.8 Å². The average molecular weight is 304 g/mol. The number of nitrogens with zero attached hydrogens (tertiary/aromatic N) is 5.